The monoisotopic (exact) mass is 339 g/mol. The second-order valence-electron chi connectivity index (χ2n) is 6.38. The minimum Gasteiger partial charge on any atom is -0.480 e. The van der Waals surface area contributed by atoms with Crippen LogP contribution in [0.15, 0.2) is 18.2 Å². The van der Waals surface area contributed by atoms with Gasteiger partial charge in [0.1, 0.15) is 5.75 Å². The zero-order chi connectivity index (χ0) is 16.5. The molecule has 1 N–H and O–H groups in total. The third-order valence-corrected chi connectivity index (χ3v) is 4.08. The number of aryl methyl sites for hydroxylation is 1. The Balaban J connectivity index is 2.34. The van der Waals surface area contributed by atoms with E-state index >= 15 is 0 Å². The highest BCUT2D eigenvalue weighted by atomic mass is 35.5. The Hall–Kier alpha value is -1.33. The Morgan fingerprint density at radius 2 is 2.09 bits per heavy atom. The molecular weight excluding hydrogens is 318 g/mol. The number of ether oxygens (including phenoxy) is 1. The lowest BCUT2D eigenvalue weighted by Gasteiger charge is -2.26. The molecule has 1 aromatic heterocycles. The third kappa shape index (κ3) is 3.70. The van der Waals surface area contributed by atoms with Crippen LogP contribution in [0.4, 0.5) is 0 Å². The van der Waals surface area contributed by atoms with Gasteiger partial charge in [-0.3, -0.25) is 5.10 Å². The second kappa shape index (κ2) is 6.42. The molecule has 1 aromatic carbocycles. The van der Waals surface area contributed by atoms with E-state index in [0.717, 1.165) is 28.7 Å². The van der Waals surface area contributed by atoms with Gasteiger partial charge in [0.25, 0.3) is 0 Å². The fraction of sp³-hybridized carbons (Fsp3) is 0.500. The van der Waals surface area contributed by atoms with Crippen molar-refractivity contribution < 1.29 is 4.74 Å². The molecular formula is C16H22ClN3OS. The van der Waals surface area contributed by atoms with Crippen molar-refractivity contribution in [1.29, 1.82) is 0 Å². The van der Waals surface area contributed by atoms with Gasteiger partial charge in [-0.15, -0.1) is 0 Å². The molecule has 0 radical (unpaired) electrons. The van der Waals surface area contributed by atoms with Crippen LogP contribution >= 0.6 is 23.8 Å². The van der Waals surface area contributed by atoms with Crippen LogP contribution in [0, 0.1) is 17.6 Å². The molecule has 0 aliphatic carbocycles. The van der Waals surface area contributed by atoms with Gasteiger partial charge in [-0.05, 0) is 62.7 Å². The first-order valence-corrected chi connectivity index (χ1v) is 8.10. The zero-order valence-electron chi connectivity index (χ0n) is 13.6. The number of nitrogens with one attached hydrogen (secondary N) is 1. The van der Waals surface area contributed by atoms with E-state index in [4.69, 9.17) is 28.6 Å². The van der Waals surface area contributed by atoms with Crippen LogP contribution in [-0.2, 0) is 12.1 Å². The van der Waals surface area contributed by atoms with Crippen LogP contribution in [0.1, 0.15) is 39.1 Å². The molecule has 0 bridgehead atoms. The lowest BCUT2D eigenvalue weighted by molar-refractivity contribution is 0.0927. The normalized spacial score (nSPS) is 12.0. The van der Waals surface area contributed by atoms with Gasteiger partial charge in [-0.1, -0.05) is 25.4 Å². The van der Waals surface area contributed by atoms with Crippen LogP contribution in [0.3, 0.4) is 0 Å². The fourth-order valence-corrected chi connectivity index (χ4v) is 2.66. The van der Waals surface area contributed by atoms with Gasteiger partial charge in [0.15, 0.2) is 16.2 Å². The Labute approximate surface area is 141 Å². The van der Waals surface area contributed by atoms with E-state index in [1.54, 1.807) is 0 Å². The van der Waals surface area contributed by atoms with E-state index in [-0.39, 0.29) is 0 Å². The van der Waals surface area contributed by atoms with Gasteiger partial charge < -0.3 is 9.30 Å². The van der Waals surface area contributed by atoms with Gasteiger partial charge in [-0.2, -0.15) is 5.10 Å². The minimum absolute atomic E-state index is 0.469. The lowest BCUT2D eigenvalue weighted by atomic mass is 10.1. The van der Waals surface area contributed by atoms with Crippen LogP contribution in [0.2, 0.25) is 5.02 Å². The van der Waals surface area contributed by atoms with Gasteiger partial charge in [0, 0.05) is 11.6 Å². The van der Waals surface area contributed by atoms with Crippen molar-refractivity contribution in [1.82, 2.24) is 14.8 Å². The molecule has 22 heavy (non-hydrogen) atoms. The zero-order valence-corrected chi connectivity index (χ0v) is 15.2. The predicted octanol–water partition coefficient (Wildman–Crippen LogP) is 4.87. The quantitative estimate of drug-likeness (QED) is 0.790. The van der Waals surface area contributed by atoms with Gasteiger partial charge in [-0.25, -0.2) is 0 Å². The summed E-state index contributed by atoms with van der Waals surface area (Å²) in [5, 5.41) is 7.97. The van der Waals surface area contributed by atoms with Gasteiger partial charge >= 0.3 is 0 Å². The molecule has 2 aromatic rings. The summed E-state index contributed by atoms with van der Waals surface area (Å²) >= 11 is 11.4. The SMILES string of the molecule is Cc1cc(OC(C)(C)c2n[nH]c(=S)n2CC(C)C)ccc1Cl. The maximum atomic E-state index is 6.15. The van der Waals surface area contributed by atoms with Crippen molar-refractivity contribution in [3.05, 3.63) is 39.4 Å². The molecule has 6 heteroatoms. The van der Waals surface area contributed by atoms with E-state index in [0.29, 0.717) is 10.7 Å². The highest BCUT2D eigenvalue weighted by molar-refractivity contribution is 7.71. The van der Waals surface area contributed by atoms with E-state index in [2.05, 4.69) is 24.0 Å². The molecule has 0 spiro atoms. The van der Waals surface area contributed by atoms with Gasteiger partial charge in [0.2, 0.25) is 0 Å². The summed E-state index contributed by atoms with van der Waals surface area (Å²) in [6, 6.07) is 5.64. The Morgan fingerprint density at radius 1 is 1.41 bits per heavy atom. The van der Waals surface area contributed by atoms with Crippen molar-refractivity contribution in [2.45, 2.75) is 46.8 Å². The number of aromatic nitrogens is 3. The predicted molar refractivity (Wildman–Crippen MR) is 92.1 cm³/mol. The number of hydrogen-bond donors (Lipinski definition) is 1. The standard InChI is InChI=1S/C16H22ClN3OS/c1-10(2)9-20-14(18-19-15(20)22)16(4,5)21-12-6-7-13(17)11(3)8-12/h6-8,10H,9H2,1-5H3,(H,19,22). The molecule has 0 fully saturated rings. The van der Waals surface area contributed by atoms with E-state index in [1.165, 1.54) is 0 Å². The second-order valence-corrected chi connectivity index (χ2v) is 7.17. The highest BCUT2D eigenvalue weighted by Gasteiger charge is 2.29. The maximum Gasteiger partial charge on any atom is 0.195 e. The van der Waals surface area contributed by atoms with Crippen LogP contribution in [0.5, 0.6) is 5.75 Å². The summed E-state index contributed by atoms with van der Waals surface area (Å²) < 4.78 is 8.77. The first kappa shape index (κ1) is 17.0. The summed E-state index contributed by atoms with van der Waals surface area (Å²) in [5.41, 5.74) is 0.374. The topological polar surface area (TPSA) is 42.8 Å². The number of rotatable bonds is 5. The molecule has 1 heterocycles. The minimum atomic E-state index is -0.608. The Morgan fingerprint density at radius 3 is 2.68 bits per heavy atom. The molecule has 0 atom stereocenters. The van der Waals surface area contributed by atoms with E-state index in [9.17, 15) is 0 Å². The number of benzene rings is 1. The molecule has 0 unspecified atom stereocenters. The average Bonchev–Trinajstić information content (AvgIpc) is 2.75. The number of hydrogen-bond acceptors (Lipinski definition) is 3. The number of halogens is 1. The fourth-order valence-electron chi connectivity index (χ4n) is 2.33. The molecule has 2 rings (SSSR count). The molecule has 0 aliphatic rings. The molecule has 0 saturated heterocycles. The lowest BCUT2D eigenvalue weighted by Crippen LogP contribution is -2.30. The Kier molecular flexibility index (Phi) is 4.97. The summed E-state index contributed by atoms with van der Waals surface area (Å²) in [6.45, 7) is 11.0. The molecule has 4 nitrogen and oxygen atoms in total. The van der Waals surface area contributed by atoms with Gasteiger partial charge in [0.05, 0.1) is 0 Å². The molecule has 0 saturated carbocycles. The van der Waals surface area contributed by atoms with Crippen molar-refractivity contribution in [2.24, 2.45) is 5.92 Å². The maximum absolute atomic E-state index is 6.15. The first-order chi connectivity index (χ1) is 10.2. The van der Waals surface area contributed by atoms with Crippen molar-refractivity contribution in [2.75, 3.05) is 0 Å². The first-order valence-electron chi connectivity index (χ1n) is 7.31. The van der Waals surface area contributed by atoms with Crippen LogP contribution in [-0.4, -0.2) is 14.8 Å². The average molecular weight is 340 g/mol. The number of nitrogens with zero attached hydrogens (tertiary/aromatic N) is 2. The molecule has 0 amide bonds. The van der Waals surface area contributed by atoms with Crippen molar-refractivity contribution in [3.8, 4) is 5.75 Å². The smallest absolute Gasteiger partial charge is 0.195 e. The summed E-state index contributed by atoms with van der Waals surface area (Å²) in [6.07, 6.45) is 0. The van der Waals surface area contributed by atoms with E-state index < -0.39 is 5.60 Å². The Bertz CT molecular complexity index is 718. The summed E-state index contributed by atoms with van der Waals surface area (Å²) in [5.74, 6) is 2.02. The molecule has 0 aliphatic heterocycles. The largest absolute Gasteiger partial charge is 0.480 e. The van der Waals surface area contributed by atoms with Crippen LogP contribution in [0.25, 0.3) is 0 Å². The van der Waals surface area contributed by atoms with Crippen molar-refractivity contribution in [3.63, 3.8) is 0 Å². The summed E-state index contributed by atoms with van der Waals surface area (Å²) in [7, 11) is 0. The number of H-pyrrole nitrogens is 1. The highest BCUT2D eigenvalue weighted by Crippen LogP contribution is 2.29. The van der Waals surface area contributed by atoms with Crippen LogP contribution < -0.4 is 4.74 Å². The summed E-state index contributed by atoms with van der Waals surface area (Å²) in [4.78, 5) is 0. The third-order valence-electron chi connectivity index (χ3n) is 3.35. The van der Waals surface area contributed by atoms with E-state index in [1.807, 2.05) is 43.5 Å². The number of aromatic amines is 1. The van der Waals surface area contributed by atoms with Crippen molar-refractivity contribution >= 4 is 23.8 Å². The molecule has 120 valence electrons.